The van der Waals surface area contributed by atoms with Crippen molar-refractivity contribution in [1.29, 1.82) is 0 Å². The van der Waals surface area contributed by atoms with Gasteiger partial charge in [0.25, 0.3) is 0 Å². The quantitative estimate of drug-likeness (QED) is 0.240. The summed E-state index contributed by atoms with van der Waals surface area (Å²) in [6.45, 7) is 10.0. The van der Waals surface area contributed by atoms with Crippen LogP contribution in [0.4, 0.5) is 5.69 Å². The van der Waals surface area contributed by atoms with Crippen molar-refractivity contribution in [3.63, 3.8) is 0 Å². The highest BCUT2D eigenvalue weighted by Gasteiger charge is 2.47. The number of fused-ring (bicyclic) bond motifs is 1. The van der Waals surface area contributed by atoms with Gasteiger partial charge in [0.1, 0.15) is 11.5 Å². The van der Waals surface area contributed by atoms with Crippen molar-refractivity contribution in [2.45, 2.75) is 19.4 Å². The molecule has 1 heterocycles. The molecule has 0 saturated carbocycles. The first kappa shape index (κ1) is 27.9. The topological polar surface area (TPSA) is 51.0 Å². The van der Waals surface area contributed by atoms with Crippen LogP contribution in [0, 0.1) is 6.92 Å². The van der Waals surface area contributed by atoms with Gasteiger partial charge in [0.15, 0.2) is 5.60 Å². The number of hydrogen-bond donors (Lipinski definition) is 1. The lowest BCUT2D eigenvalue weighted by Crippen LogP contribution is -2.41. The highest BCUT2D eigenvalue weighted by atomic mass is 35.5. The Balaban J connectivity index is 2.02. The molecule has 5 nitrogen and oxygen atoms in total. The van der Waals surface area contributed by atoms with Crippen molar-refractivity contribution in [2.75, 3.05) is 38.0 Å². The van der Waals surface area contributed by atoms with Crippen LogP contribution in [0.5, 0.6) is 11.5 Å². The summed E-state index contributed by atoms with van der Waals surface area (Å²) in [6, 6.07) is 22.2. The highest BCUT2D eigenvalue weighted by molar-refractivity contribution is 8.06. The zero-order valence-electron chi connectivity index (χ0n) is 22.3. The minimum Gasteiger partial charge on any atom is -0.497 e. The van der Waals surface area contributed by atoms with Crippen LogP contribution < -0.4 is 20.1 Å². The van der Waals surface area contributed by atoms with Gasteiger partial charge >= 0.3 is 0 Å². The van der Waals surface area contributed by atoms with Gasteiger partial charge in [0.05, 0.1) is 22.7 Å². The van der Waals surface area contributed by atoms with E-state index in [-0.39, 0.29) is 0 Å². The minimum absolute atomic E-state index is 0.555. The zero-order valence-corrected chi connectivity index (χ0v) is 23.9. The molecule has 1 aliphatic heterocycles. The van der Waals surface area contributed by atoms with E-state index in [0.29, 0.717) is 22.4 Å². The molecule has 0 fully saturated rings. The first-order chi connectivity index (χ1) is 18.3. The fourth-order valence-corrected chi connectivity index (χ4v) is 5.99. The first-order valence-electron chi connectivity index (χ1n) is 12.5. The number of anilines is 1. The summed E-state index contributed by atoms with van der Waals surface area (Å²) < 4.78 is 12.5. The Morgan fingerprint density at radius 1 is 1.16 bits per heavy atom. The van der Waals surface area contributed by atoms with Crippen molar-refractivity contribution < 1.29 is 9.47 Å². The zero-order chi connectivity index (χ0) is 27.4. The summed E-state index contributed by atoms with van der Waals surface area (Å²) in [5.74, 6) is 2.01. The van der Waals surface area contributed by atoms with Crippen LogP contribution in [0.2, 0.25) is 0 Å². The first-order valence-corrected chi connectivity index (χ1v) is 13.8. The van der Waals surface area contributed by atoms with E-state index in [2.05, 4.69) is 43.5 Å². The minimum atomic E-state index is -1.06. The van der Waals surface area contributed by atoms with Crippen molar-refractivity contribution in [2.24, 2.45) is 5.73 Å². The molecular weight excluding hydrogens is 513 g/mol. The molecule has 2 radical (unpaired) electrons. The van der Waals surface area contributed by atoms with Gasteiger partial charge in [0, 0.05) is 41.3 Å². The maximum absolute atomic E-state index is 7.05. The summed E-state index contributed by atoms with van der Waals surface area (Å²) in [6.07, 6.45) is 0. The van der Waals surface area contributed by atoms with Crippen molar-refractivity contribution in [3.8, 4) is 11.5 Å². The highest BCUT2D eigenvalue weighted by Crippen LogP contribution is 2.54. The number of hydrogen-bond acceptors (Lipinski definition) is 6. The second kappa shape index (κ2) is 11.7. The molecule has 0 saturated heterocycles. The van der Waals surface area contributed by atoms with E-state index >= 15 is 0 Å². The number of thioether (sulfide) groups is 1. The van der Waals surface area contributed by atoms with E-state index in [1.807, 2.05) is 48.5 Å². The van der Waals surface area contributed by atoms with Gasteiger partial charge in [-0.25, -0.2) is 0 Å². The average Bonchev–Trinajstić information content (AvgIpc) is 2.93. The molecule has 8 heteroatoms. The van der Waals surface area contributed by atoms with E-state index < -0.39 is 5.60 Å². The number of benzene rings is 3. The Labute approximate surface area is 236 Å². The summed E-state index contributed by atoms with van der Waals surface area (Å²) >= 11 is 7.50. The lowest BCUT2D eigenvalue weighted by atomic mass is 9.80. The molecule has 0 aromatic heterocycles. The number of aryl methyl sites for hydroxylation is 1. The van der Waals surface area contributed by atoms with Crippen LogP contribution in [-0.2, 0) is 5.60 Å². The van der Waals surface area contributed by atoms with Crippen LogP contribution >= 0.6 is 23.4 Å². The normalized spacial score (nSPS) is 16.4. The van der Waals surface area contributed by atoms with Crippen LogP contribution in [-0.4, -0.2) is 45.9 Å². The maximum atomic E-state index is 7.05. The van der Waals surface area contributed by atoms with Gasteiger partial charge in [-0.15, -0.1) is 11.6 Å². The number of nitrogens with zero attached hydrogens (tertiary/aromatic N) is 2. The fraction of sp³-hybridized carbons (Fsp3) is 0.267. The van der Waals surface area contributed by atoms with Crippen molar-refractivity contribution in [3.05, 3.63) is 105 Å². The third-order valence-electron chi connectivity index (χ3n) is 6.81. The molecule has 1 unspecified atom stereocenters. The summed E-state index contributed by atoms with van der Waals surface area (Å²) in [4.78, 5) is 4.55. The molecule has 4 rings (SSSR count). The van der Waals surface area contributed by atoms with E-state index in [1.54, 1.807) is 14.2 Å². The third kappa shape index (κ3) is 5.10. The second-order valence-electron chi connectivity index (χ2n) is 9.13. The Hall–Kier alpha value is -3.16. The van der Waals surface area contributed by atoms with Crippen molar-refractivity contribution in [1.82, 2.24) is 4.81 Å². The Bertz CT molecular complexity index is 1350. The molecule has 1 atom stereocenters. The molecule has 0 bridgehead atoms. The molecule has 3 aromatic carbocycles. The number of rotatable bonds is 10. The monoisotopic (exact) mass is 545 g/mol. The number of alkyl halides is 1. The number of ether oxygens (including phenoxy) is 2. The van der Waals surface area contributed by atoms with Crippen molar-refractivity contribution >= 4 is 42.7 Å². The van der Waals surface area contributed by atoms with Gasteiger partial charge in [0.2, 0.25) is 7.98 Å². The largest absolute Gasteiger partial charge is 0.497 e. The van der Waals surface area contributed by atoms with E-state index in [0.717, 1.165) is 51.7 Å². The molecule has 38 heavy (non-hydrogen) atoms. The summed E-state index contributed by atoms with van der Waals surface area (Å²) in [5.41, 5.74) is 11.4. The average molecular weight is 546 g/mol. The van der Waals surface area contributed by atoms with Gasteiger partial charge in [-0.05, 0) is 62.9 Å². The molecule has 0 spiro atoms. The third-order valence-corrected chi connectivity index (χ3v) is 8.21. The summed E-state index contributed by atoms with van der Waals surface area (Å²) in [7, 11) is 9.51. The SMILES string of the molecule is [B]N(C)C(=C)SC1=C(N)c2ccccc2OC1(c1ccc(OC)cc1)c1ccc(N(CC)CCCl)cc1C. The van der Waals surface area contributed by atoms with Crippen LogP contribution in [0.1, 0.15) is 29.2 Å². The van der Waals surface area contributed by atoms with Gasteiger partial charge in [-0.2, -0.15) is 0 Å². The number of nitrogens with two attached hydrogens (primary N) is 1. The maximum Gasteiger partial charge on any atom is 0.226 e. The van der Waals surface area contributed by atoms with Gasteiger partial charge in [-0.3, -0.25) is 0 Å². The van der Waals surface area contributed by atoms with Gasteiger partial charge in [-0.1, -0.05) is 48.7 Å². The smallest absolute Gasteiger partial charge is 0.226 e. The second-order valence-corrected chi connectivity index (χ2v) is 10.6. The van der Waals surface area contributed by atoms with Crippen LogP contribution in [0.15, 0.2) is 83.2 Å². The number of methoxy groups -OCH3 is 1. The lowest BCUT2D eigenvalue weighted by molar-refractivity contribution is 0.155. The molecule has 3 aromatic rings. The lowest BCUT2D eigenvalue weighted by Gasteiger charge is -2.43. The number of para-hydroxylation sites is 1. The van der Waals surface area contributed by atoms with E-state index in [9.17, 15) is 0 Å². The predicted octanol–water partition coefficient (Wildman–Crippen LogP) is 6.25. The van der Waals surface area contributed by atoms with E-state index in [4.69, 9.17) is 34.8 Å². The molecule has 0 amide bonds. The standard InChI is InChI=1S/C30H33BClN3O2S/c1-6-35(18-17-32)23-13-16-26(20(2)19-23)30(22-11-14-24(36-5)15-12-22)29(38-21(3)34(4)31)28(33)25-9-7-8-10-27(25)37-30/h7-16,19H,3,6,17-18,33H2,1-2,4-5H3. The predicted molar refractivity (Wildman–Crippen MR) is 162 cm³/mol. The van der Waals surface area contributed by atoms with Gasteiger partial charge < -0.3 is 24.9 Å². The molecule has 1 aliphatic rings. The Morgan fingerprint density at radius 2 is 1.87 bits per heavy atom. The Morgan fingerprint density at radius 3 is 2.47 bits per heavy atom. The molecule has 196 valence electrons. The van der Waals surface area contributed by atoms with Crippen LogP contribution in [0.25, 0.3) is 5.70 Å². The summed E-state index contributed by atoms with van der Waals surface area (Å²) in [5, 5.41) is 0.636. The fourth-order valence-electron chi connectivity index (χ4n) is 4.78. The molecular formula is C30H33BClN3O2S. The molecule has 0 aliphatic carbocycles. The van der Waals surface area contributed by atoms with E-state index in [1.165, 1.54) is 16.6 Å². The van der Waals surface area contributed by atoms with Crippen LogP contribution in [0.3, 0.4) is 0 Å². The Kier molecular flexibility index (Phi) is 8.59. The number of halogens is 1. The molecule has 2 N–H and O–H groups in total.